The van der Waals surface area contributed by atoms with Gasteiger partial charge in [0.25, 0.3) is 0 Å². The maximum Gasteiger partial charge on any atom is 0.159 e. The molecule has 0 saturated heterocycles. The van der Waals surface area contributed by atoms with E-state index in [0.717, 1.165) is 16.1 Å². The van der Waals surface area contributed by atoms with Crippen molar-refractivity contribution in [2.24, 2.45) is 0 Å². The van der Waals surface area contributed by atoms with E-state index in [1.807, 2.05) is 6.92 Å². The average molecular weight is 307 g/mol. The number of hydrogen-bond acceptors (Lipinski definition) is 3. The quantitative estimate of drug-likeness (QED) is 0.873. The first-order valence-corrected chi connectivity index (χ1v) is 5.28. The molecule has 13 heavy (non-hydrogen) atoms. The molecule has 0 aliphatic carbocycles. The molecule has 0 unspecified atom stereocenters. The summed E-state index contributed by atoms with van der Waals surface area (Å²) in [7, 11) is 0. The van der Waals surface area contributed by atoms with E-state index in [1.165, 1.54) is 0 Å². The van der Waals surface area contributed by atoms with E-state index in [9.17, 15) is 0 Å². The van der Waals surface area contributed by atoms with Gasteiger partial charge in [0.05, 0.1) is 5.69 Å². The first kappa shape index (κ1) is 10.7. The molecule has 0 radical (unpaired) electrons. The van der Waals surface area contributed by atoms with Crippen LogP contribution in [0.1, 0.15) is 5.69 Å². The number of aromatic nitrogens is 2. The van der Waals surface area contributed by atoms with Crippen molar-refractivity contribution in [3.05, 3.63) is 27.6 Å². The van der Waals surface area contributed by atoms with Crippen LogP contribution in [0.25, 0.3) is 0 Å². The van der Waals surface area contributed by atoms with Crippen LogP contribution in [0.2, 0.25) is 0 Å². The summed E-state index contributed by atoms with van der Waals surface area (Å²) in [6.07, 6.45) is 1.77. The lowest BCUT2D eigenvalue weighted by atomic mass is 10.5. The third kappa shape index (κ3) is 2.77. The zero-order valence-corrected chi connectivity index (χ0v) is 10.3. The van der Waals surface area contributed by atoms with Gasteiger partial charge in [0.15, 0.2) is 5.82 Å². The summed E-state index contributed by atoms with van der Waals surface area (Å²) in [6, 6.07) is 0. The number of nitrogens with zero attached hydrogens (tertiary/aromatic N) is 2. The van der Waals surface area contributed by atoms with Gasteiger partial charge >= 0.3 is 0 Å². The predicted molar refractivity (Wildman–Crippen MR) is 60.9 cm³/mol. The Labute approximate surface area is 93.9 Å². The van der Waals surface area contributed by atoms with Gasteiger partial charge in [-0.3, -0.25) is 0 Å². The summed E-state index contributed by atoms with van der Waals surface area (Å²) in [4.78, 5) is 8.49. The van der Waals surface area contributed by atoms with E-state index in [2.05, 4.69) is 53.7 Å². The van der Waals surface area contributed by atoms with E-state index < -0.39 is 0 Å². The Kier molecular flexibility index (Phi) is 3.87. The lowest BCUT2D eigenvalue weighted by molar-refractivity contribution is 1.05. The number of rotatable bonds is 3. The molecule has 0 aliphatic rings. The Bertz CT molecular complexity index is 325. The van der Waals surface area contributed by atoms with Crippen molar-refractivity contribution in [3.8, 4) is 0 Å². The molecule has 0 aromatic carbocycles. The molecule has 0 aliphatic heterocycles. The normalized spacial score (nSPS) is 9.77. The van der Waals surface area contributed by atoms with Crippen LogP contribution in [0.3, 0.4) is 0 Å². The standard InChI is InChI=1S/C8H9Br2N3/c1-3-4-11-8-7(10)13-6(9)5(2)12-8/h3H,1,4H2,2H3,(H,11,12). The van der Waals surface area contributed by atoms with Gasteiger partial charge in [0.2, 0.25) is 0 Å². The molecular formula is C8H9Br2N3. The van der Waals surface area contributed by atoms with Crippen molar-refractivity contribution < 1.29 is 0 Å². The van der Waals surface area contributed by atoms with Crippen LogP contribution < -0.4 is 5.32 Å². The SMILES string of the molecule is C=CCNc1nc(C)c(Br)nc1Br. The Hall–Kier alpha value is -0.420. The molecule has 1 rings (SSSR count). The predicted octanol–water partition coefficient (Wildman–Crippen LogP) is 2.91. The van der Waals surface area contributed by atoms with Gasteiger partial charge in [-0.1, -0.05) is 6.08 Å². The Morgan fingerprint density at radius 3 is 2.69 bits per heavy atom. The monoisotopic (exact) mass is 305 g/mol. The van der Waals surface area contributed by atoms with Crippen LogP contribution in [0, 0.1) is 6.92 Å². The Morgan fingerprint density at radius 1 is 1.38 bits per heavy atom. The largest absolute Gasteiger partial charge is 0.364 e. The highest BCUT2D eigenvalue weighted by atomic mass is 79.9. The van der Waals surface area contributed by atoms with E-state index in [0.29, 0.717) is 11.1 Å². The minimum atomic E-state index is 0.675. The lowest BCUT2D eigenvalue weighted by Gasteiger charge is -2.06. The van der Waals surface area contributed by atoms with Crippen molar-refractivity contribution in [2.45, 2.75) is 6.92 Å². The van der Waals surface area contributed by atoms with Crippen molar-refractivity contribution in [3.63, 3.8) is 0 Å². The van der Waals surface area contributed by atoms with E-state index in [4.69, 9.17) is 0 Å². The molecule has 70 valence electrons. The summed E-state index contributed by atoms with van der Waals surface area (Å²) in [5.41, 5.74) is 0.856. The molecule has 1 aromatic heterocycles. The molecule has 0 atom stereocenters. The van der Waals surface area contributed by atoms with Gasteiger partial charge in [-0.15, -0.1) is 6.58 Å². The van der Waals surface area contributed by atoms with Crippen molar-refractivity contribution in [1.82, 2.24) is 9.97 Å². The second-order valence-electron chi connectivity index (χ2n) is 2.41. The first-order chi connectivity index (χ1) is 6.15. The van der Waals surface area contributed by atoms with E-state index in [1.54, 1.807) is 6.08 Å². The minimum Gasteiger partial charge on any atom is -0.364 e. The van der Waals surface area contributed by atoms with Gasteiger partial charge in [0, 0.05) is 6.54 Å². The Morgan fingerprint density at radius 2 is 2.08 bits per heavy atom. The fraction of sp³-hybridized carbons (Fsp3) is 0.250. The van der Waals surface area contributed by atoms with E-state index >= 15 is 0 Å². The summed E-state index contributed by atoms with van der Waals surface area (Å²) in [6.45, 7) is 6.18. The molecule has 1 aromatic rings. The summed E-state index contributed by atoms with van der Waals surface area (Å²) >= 11 is 6.61. The molecule has 0 saturated carbocycles. The van der Waals surface area contributed by atoms with Gasteiger partial charge in [-0.2, -0.15) is 0 Å². The molecule has 0 amide bonds. The fourth-order valence-electron chi connectivity index (χ4n) is 0.761. The topological polar surface area (TPSA) is 37.8 Å². The number of anilines is 1. The van der Waals surface area contributed by atoms with Gasteiger partial charge in [-0.25, -0.2) is 9.97 Å². The van der Waals surface area contributed by atoms with E-state index in [-0.39, 0.29) is 0 Å². The van der Waals surface area contributed by atoms with Gasteiger partial charge in [0.1, 0.15) is 9.21 Å². The van der Waals surface area contributed by atoms with Gasteiger partial charge < -0.3 is 5.32 Å². The van der Waals surface area contributed by atoms with Crippen LogP contribution in [-0.2, 0) is 0 Å². The molecule has 0 fully saturated rings. The first-order valence-electron chi connectivity index (χ1n) is 3.69. The fourth-order valence-corrected chi connectivity index (χ4v) is 1.67. The number of nitrogens with one attached hydrogen (secondary N) is 1. The van der Waals surface area contributed by atoms with Crippen LogP contribution in [0.5, 0.6) is 0 Å². The van der Waals surface area contributed by atoms with Crippen LogP contribution in [-0.4, -0.2) is 16.5 Å². The number of hydrogen-bond donors (Lipinski definition) is 1. The maximum absolute atomic E-state index is 4.29. The Balaban J connectivity index is 2.94. The number of aryl methyl sites for hydroxylation is 1. The zero-order valence-electron chi connectivity index (χ0n) is 7.14. The average Bonchev–Trinajstić information content (AvgIpc) is 2.09. The second kappa shape index (κ2) is 4.72. The highest BCUT2D eigenvalue weighted by Gasteiger charge is 2.05. The second-order valence-corrected chi connectivity index (χ2v) is 3.91. The molecule has 3 nitrogen and oxygen atoms in total. The third-order valence-electron chi connectivity index (χ3n) is 1.38. The third-order valence-corrected chi connectivity index (χ3v) is 2.69. The minimum absolute atomic E-state index is 0.675. The van der Waals surface area contributed by atoms with Crippen molar-refractivity contribution >= 4 is 37.7 Å². The van der Waals surface area contributed by atoms with Crippen LogP contribution in [0.4, 0.5) is 5.82 Å². The molecule has 0 bridgehead atoms. The number of halogens is 2. The van der Waals surface area contributed by atoms with Crippen LogP contribution in [0.15, 0.2) is 21.9 Å². The van der Waals surface area contributed by atoms with Gasteiger partial charge in [-0.05, 0) is 38.8 Å². The summed E-state index contributed by atoms with van der Waals surface area (Å²) < 4.78 is 1.45. The molecular weight excluding hydrogens is 298 g/mol. The molecule has 5 heteroatoms. The lowest BCUT2D eigenvalue weighted by Crippen LogP contribution is -2.03. The van der Waals surface area contributed by atoms with Crippen LogP contribution >= 0.6 is 31.9 Å². The molecule has 1 N–H and O–H groups in total. The van der Waals surface area contributed by atoms with Crippen molar-refractivity contribution in [1.29, 1.82) is 0 Å². The summed E-state index contributed by atoms with van der Waals surface area (Å²) in [5, 5.41) is 3.07. The highest BCUT2D eigenvalue weighted by molar-refractivity contribution is 9.11. The zero-order chi connectivity index (χ0) is 9.84. The molecule has 0 spiro atoms. The van der Waals surface area contributed by atoms with Crippen molar-refractivity contribution in [2.75, 3.05) is 11.9 Å². The smallest absolute Gasteiger partial charge is 0.159 e. The molecule has 1 heterocycles. The highest BCUT2D eigenvalue weighted by Crippen LogP contribution is 2.21. The summed E-state index contributed by atoms with van der Waals surface area (Å²) in [5.74, 6) is 0.737. The maximum atomic E-state index is 4.29.